The number of anilines is 4. The highest BCUT2D eigenvalue weighted by atomic mass is 16.5. The Hall–Kier alpha value is -4.08. The number of nitrogens with one attached hydrogen (secondary N) is 2. The Labute approximate surface area is 209 Å². The molecular formula is C26H32N4O6. The number of carbonyl (C=O) groups excluding carboxylic acids is 4. The number of hydrogen-bond acceptors (Lipinski definition) is 8. The first-order chi connectivity index (χ1) is 17.2. The fourth-order valence-corrected chi connectivity index (χ4v) is 4.41. The molecule has 2 amide bonds. The van der Waals surface area contributed by atoms with Crippen molar-refractivity contribution in [3.63, 3.8) is 0 Å². The van der Waals surface area contributed by atoms with Crippen molar-refractivity contribution < 1.29 is 28.7 Å². The minimum atomic E-state index is -0.922. The van der Waals surface area contributed by atoms with Gasteiger partial charge in [0.1, 0.15) is 0 Å². The Bertz CT molecular complexity index is 1000. The van der Waals surface area contributed by atoms with Crippen molar-refractivity contribution in [2.75, 3.05) is 35.3 Å². The summed E-state index contributed by atoms with van der Waals surface area (Å²) in [5.41, 5.74) is 13.5. The van der Waals surface area contributed by atoms with Gasteiger partial charge in [0, 0.05) is 22.7 Å². The number of hydrogen-bond donors (Lipinski definition) is 4. The first kappa shape index (κ1) is 26.5. The van der Waals surface area contributed by atoms with Crippen LogP contribution in [0.5, 0.6) is 0 Å². The molecule has 1 aliphatic carbocycles. The Balaban J connectivity index is 1.90. The van der Waals surface area contributed by atoms with Crippen LogP contribution in [-0.2, 0) is 28.7 Å². The number of carbonyl (C=O) groups is 4. The number of rotatable bonds is 8. The van der Waals surface area contributed by atoms with E-state index in [2.05, 4.69) is 10.6 Å². The molecule has 10 heteroatoms. The zero-order valence-corrected chi connectivity index (χ0v) is 20.4. The normalized spacial score (nSPS) is 21.2. The van der Waals surface area contributed by atoms with Gasteiger partial charge in [-0.15, -0.1) is 0 Å². The molecule has 0 radical (unpaired) electrons. The van der Waals surface area contributed by atoms with Crippen molar-refractivity contribution in [2.45, 2.75) is 26.7 Å². The first-order valence-electron chi connectivity index (χ1n) is 11.9. The highest BCUT2D eigenvalue weighted by Crippen LogP contribution is 2.41. The van der Waals surface area contributed by atoms with Gasteiger partial charge in [0.15, 0.2) is 0 Å². The van der Waals surface area contributed by atoms with Gasteiger partial charge in [-0.2, -0.15) is 0 Å². The lowest BCUT2D eigenvalue weighted by molar-refractivity contribution is -0.163. The minimum absolute atomic E-state index is 0.0471. The summed E-state index contributed by atoms with van der Waals surface area (Å²) in [7, 11) is 0. The smallest absolute Gasteiger partial charge is 0.309 e. The second kappa shape index (κ2) is 12.1. The number of esters is 2. The topological polar surface area (TPSA) is 163 Å². The summed E-state index contributed by atoms with van der Waals surface area (Å²) in [6.45, 7) is 3.56. The highest BCUT2D eigenvalue weighted by Gasteiger charge is 2.49. The zero-order valence-electron chi connectivity index (χ0n) is 20.4. The third-order valence-corrected chi connectivity index (χ3v) is 6.20. The van der Waals surface area contributed by atoms with Crippen molar-refractivity contribution >= 4 is 46.5 Å². The van der Waals surface area contributed by atoms with Crippen LogP contribution in [0.25, 0.3) is 0 Å². The second-order valence-corrected chi connectivity index (χ2v) is 8.62. The summed E-state index contributed by atoms with van der Waals surface area (Å²) in [5.74, 6) is -5.76. The molecular weight excluding hydrogens is 464 g/mol. The summed E-state index contributed by atoms with van der Waals surface area (Å²) in [6, 6.07) is 13.1. The van der Waals surface area contributed by atoms with E-state index in [0.29, 0.717) is 22.7 Å². The largest absolute Gasteiger partial charge is 0.466 e. The predicted octanol–water partition coefficient (Wildman–Crippen LogP) is 2.81. The number of amides is 2. The van der Waals surface area contributed by atoms with E-state index >= 15 is 0 Å². The van der Waals surface area contributed by atoms with Crippen molar-refractivity contribution in [1.29, 1.82) is 0 Å². The lowest BCUT2D eigenvalue weighted by Gasteiger charge is -2.37. The highest BCUT2D eigenvalue weighted by molar-refractivity contribution is 5.99. The number of nitrogens with two attached hydrogens (primary N) is 2. The minimum Gasteiger partial charge on any atom is -0.466 e. The van der Waals surface area contributed by atoms with Crippen LogP contribution in [-0.4, -0.2) is 37.0 Å². The van der Waals surface area contributed by atoms with Gasteiger partial charge in [0.05, 0.1) is 36.9 Å². The molecule has 10 nitrogen and oxygen atoms in total. The first-order valence-corrected chi connectivity index (χ1v) is 11.9. The van der Waals surface area contributed by atoms with E-state index in [9.17, 15) is 19.2 Å². The van der Waals surface area contributed by atoms with Crippen LogP contribution in [0.4, 0.5) is 22.7 Å². The molecule has 3 rings (SSSR count). The van der Waals surface area contributed by atoms with Gasteiger partial charge >= 0.3 is 11.9 Å². The molecule has 2 aromatic carbocycles. The molecule has 0 heterocycles. The fourth-order valence-electron chi connectivity index (χ4n) is 4.41. The summed E-state index contributed by atoms with van der Waals surface area (Å²) in [6.07, 6.45) is -0.105. The average Bonchev–Trinajstić information content (AvgIpc) is 2.86. The van der Waals surface area contributed by atoms with Crippen LogP contribution < -0.4 is 22.1 Å². The molecule has 4 atom stereocenters. The van der Waals surface area contributed by atoms with Crippen LogP contribution in [0, 0.1) is 23.7 Å². The molecule has 192 valence electrons. The van der Waals surface area contributed by atoms with Gasteiger partial charge in [-0.3, -0.25) is 19.2 Å². The molecule has 1 saturated carbocycles. The second-order valence-electron chi connectivity index (χ2n) is 8.62. The van der Waals surface area contributed by atoms with Crippen LogP contribution in [0.15, 0.2) is 48.5 Å². The fraction of sp³-hybridized carbons (Fsp3) is 0.385. The van der Waals surface area contributed by atoms with Crippen LogP contribution in [0.1, 0.15) is 26.7 Å². The van der Waals surface area contributed by atoms with E-state index in [-0.39, 0.29) is 26.1 Å². The van der Waals surface area contributed by atoms with E-state index in [1.165, 1.54) is 0 Å². The van der Waals surface area contributed by atoms with Gasteiger partial charge < -0.3 is 31.6 Å². The Morgan fingerprint density at radius 1 is 0.667 bits per heavy atom. The zero-order chi connectivity index (χ0) is 26.2. The number of benzene rings is 2. The van der Waals surface area contributed by atoms with Crippen LogP contribution in [0.2, 0.25) is 0 Å². The molecule has 0 spiro atoms. The van der Waals surface area contributed by atoms with Crippen molar-refractivity contribution in [3.05, 3.63) is 48.5 Å². The maximum absolute atomic E-state index is 13.3. The predicted molar refractivity (Wildman–Crippen MR) is 135 cm³/mol. The van der Waals surface area contributed by atoms with E-state index in [1.54, 1.807) is 62.4 Å². The Kier molecular flexibility index (Phi) is 8.88. The van der Waals surface area contributed by atoms with Crippen LogP contribution >= 0.6 is 0 Å². The van der Waals surface area contributed by atoms with E-state index < -0.39 is 47.4 Å². The number of nitrogen functional groups attached to an aromatic ring is 2. The number of ether oxygens (including phenoxy) is 2. The standard InChI is InChI=1S/C26H32N4O6/c1-3-35-25(33)21-14-22(26(34)36-4-2)20(24(32)30-18-11-7-16(28)8-12-18)13-19(21)23(31)29-17-9-5-15(27)6-10-17/h5-12,19-22H,3-4,13-14,27-28H2,1-2H3,(H,29,31)(H,30,32)/t19-,20-,21-,22+/m0/s1. The summed E-state index contributed by atoms with van der Waals surface area (Å²) < 4.78 is 10.4. The third kappa shape index (κ3) is 6.53. The summed E-state index contributed by atoms with van der Waals surface area (Å²) in [4.78, 5) is 52.4. The molecule has 1 fully saturated rings. The molecule has 2 aromatic rings. The SMILES string of the molecule is CCOC(=O)[C@H]1C[C@@H](C(=O)OCC)[C@@H](C(=O)Nc2ccc(N)cc2)C[C@@H]1C(=O)Nc1ccc(N)cc1. The van der Waals surface area contributed by atoms with Gasteiger partial charge in [-0.1, -0.05) is 0 Å². The Morgan fingerprint density at radius 3 is 1.33 bits per heavy atom. The van der Waals surface area contributed by atoms with Gasteiger partial charge in [0.2, 0.25) is 11.8 Å². The van der Waals surface area contributed by atoms with E-state index in [4.69, 9.17) is 20.9 Å². The van der Waals surface area contributed by atoms with Crippen molar-refractivity contribution in [2.24, 2.45) is 23.7 Å². The monoisotopic (exact) mass is 496 g/mol. The van der Waals surface area contributed by atoms with E-state index in [0.717, 1.165) is 0 Å². The molecule has 0 unspecified atom stereocenters. The van der Waals surface area contributed by atoms with Gasteiger partial charge in [-0.25, -0.2) is 0 Å². The maximum atomic E-state index is 13.3. The van der Waals surface area contributed by atoms with Crippen LogP contribution in [0.3, 0.4) is 0 Å². The molecule has 0 bridgehead atoms. The molecule has 0 aromatic heterocycles. The molecule has 36 heavy (non-hydrogen) atoms. The van der Waals surface area contributed by atoms with E-state index in [1.807, 2.05) is 0 Å². The molecule has 0 saturated heterocycles. The summed E-state index contributed by atoms with van der Waals surface area (Å²) in [5, 5.41) is 5.57. The molecule has 1 aliphatic rings. The Morgan fingerprint density at radius 2 is 1.00 bits per heavy atom. The lowest BCUT2D eigenvalue weighted by atomic mass is 9.67. The molecule has 6 N–H and O–H groups in total. The average molecular weight is 497 g/mol. The van der Waals surface area contributed by atoms with Crippen molar-refractivity contribution in [1.82, 2.24) is 0 Å². The quantitative estimate of drug-likeness (QED) is 0.320. The third-order valence-electron chi connectivity index (χ3n) is 6.20. The lowest BCUT2D eigenvalue weighted by Crippen LogP contribution is -2.48. The van der Waals surface area contributed by atoms with Gasteiger partial charge in [-0.05, 0) is 75.2 Å². The molecule has 0 aliphatic heterocycles. The van der Waals surface area contributed by atoms with Gasteiger partial charge in [0.25, 0.3) is 0 Å². The maximum Gasteiger partial charge on any atom is 0.309 e. The summed E-state index contributed by atoms with van der Waals surface area (Å²) >= 11 is 0. The van der Waals surface area contributed by atoms with Crippen molar-refractivity contribution in [3.8, 4) is 0 Å².